The van der Waals surface area contributed by atoms with Gasteiger partial charge in [-0.15, -0.1) is 0 Å². The minimum Gasteiger partial charge on any atom is -0.481 e. The zero-order chi connectivity index (χ0) is 11.5. The maximum absolute atomic E-state index is 10.4. The van der Waals surface area contributed by atoms with Crippen LogP contribution in [0.2, 0.25) is 5.02 Å². The molecule has 0 bridgehead atoms. The van der Waals surface area contributed by atoms with E-state index < -0.39 is 5.97 Å². The van der Waals surface area contributed by atoms with Crippen LogP contribution in [-0.2, 0) is 4.79 Å². The first-order valence-electron chi connectivity index (χ1n) is 4.70. The van der Waals surface area contributed by atoms with Gasteiger partial charge in [0.2, 0.25) is 0 Å². The fourth-order valence-electron chi connectivity index (χ4n) is 1.50. The summed E-state index contributed by atoms with van der Waals surface area (Å²) in [6, 6.07) is 10.8. The van der Waals surface area contributed by atoms with Crippen LogP contribution in [0.3, 0.4) is 0 Å². The van der Waals surface area contributed by atoms with E-state index >= 15 is 0 Å². The lowest BCUT2D eigenvalue weighted by Crippen LogP contribution is -2.09. The highest BCUT2D eigenvalue weighted by Gasteiger charge is 2.06. The number of hydrogen-bond donors (Lipinski definition) is 1. The standard InChI is InChI=1S/C12H9ClO3/c13-10-5-6-11(16-7-12(14)15)9-4-2-1-3-8(9)10/h1-6H,7H2,(H,14,15). The zero-order valence-corrected chi connectivity index (χ0v) is 9.07. The third-order valence-electron chi connectivity index (χ3n) is 2.18. The number of ether oxygens (including phenoxy) is 1. The molecule has 0 aliphatic rings. The predicted octanol–water partition coefficient (Wildman–Crippen LogP) is 2.96. The van der Waals surface area contributed by atoms with Crippen molar-refractivity contribution in [3.05, 3.63) is 41.4 Å². The van der Waals surface area contributed by atoms with Crippen LogP contribution in [-0.4, -0.2) is 17.7 Å². The summed E-state index contributed by atoms with van der Waals surface area (Å²) < 4.78 is 5.18. The number of carboxylic acid groups (broad SMARTS) is 1. The molecule has 0 amide bonds. The molecule has 0 unspecified atom stereocenters. The van der Waals surface area contributed by atoms with Crippen molar-refractivity contribution in [1.82, 2.24) is 0 Å². The molecule has 0 saturated carbocycles. The Balaban J connectivity index is 2.46. The van der Waals surface area contributed by atoms with E-state index in [1.165, 1.54) is 0 Å². The summed E-state index contributed by atoms with van der Waals surface area (Å²) in [5.41, 5.74) is 0. The summed E-state index contributed by atoms with van der Waals surface area (Å²) >= 11 is 6.02. The Bertz CT molecular complexity index is 537. The van der Waals surface area contributed by atoms with Crippen LogP contribution in [0.15, 0.2) is 36.4 Å². The second kappa shape index (κ2) is 4.41. The summed E-state index contributed by atoms with van der Waals surface area (Å²) in [6.45, 7) is -0.356. The van der Waals surface area contributed by atoms with Gasteiger partial charge in [0.1, 0.15) is 5.75 Å². The second-order valence-electron chi connectivity index (χ2n) is 3.27. The van der Waals surface area contributed by atoms with Gasteiger partial charge in [0.05, 0.1) is 0 Å². The lowest BCUT2D eigenvalue weighted by molar-refractivity contribution is -0.139. The van der Waals surface area contributed by atoms with Gasteiger partial charge in [0.25, 0.3) is 0 Å². The van der Waals surface area contributed by atoms with E-state index in [1.54, 1.807) is 12.1 Å². The predicted molar refractivity (Wildman–Crippen MR) is 62.1 cm³/mol. The largest absolute Gasteiger partial charge is 0.481 e. The molecule has 0 fully saturated rings. The summed E-state index contributed by atoms with van der Waals surface area (Å²) in [6.07, 6.45) is 0. The molecule has 2 aromatic rings. The van der Waals surface area contributed by atoms with Gasteiger partial charge in [0, 0.05) is 15.8 Å². The summed E-state index contributed by atoms with van der Waals surface area (Å²) in [5, 5.41) is 10.8. The topological polar surface area (TPSA) is 46.5 Å². The molecule has 3 nitrogen and oxygen atoms in total. The molecule has 0 aliphatic heterocycles. The first kappa shape index (κ1) is 10.8. The van der Waals surface area contributed by atoms with Crippen LogP contribution in [0.5, 0.6) is 5.75 Å². The number of aliphatic carboxylic acids is 1. The molecule has 0 saturated heterocycles. The zero-order valence-electron chi connectivity index (χ0n) is 8.31. The highest BCUT2D eigenvalue weighted by Crippen LogP contribution is 2.31. The lowest BCUT2D eigenvalue weighted by atomic mass is 10.1. The third-order valence-corrected chi connectivity index (χ3v) is 2.51. The number of fused-ring (bicyclic) bond motifs is 1. The first-order chi connectivity index (χ1) is 7.68. The average Bonchev–Trinajstić information content (AvgIpc) is 2.28. The van der Waals surface area contributed by atoms with Crippen LogP contribution >= 0.6 is 11.6 Å². The number of hydrogen-bond acceptors (Lipinski definition) is 2. The summed E-state index contributed by atoms with van der Waals surface area (Å²) in [7, 11) is 0. The molecule has 1 N–H and O–H groups in total. The van der Waals surface area contributed by atoms with Crippen molar-refractivity contribution in [2.24, 2.45) is 0 Å². The molecule has 0 atom stereocenters. The van der Waals surface area contributed by atoms with Gasteiger partial charge in [-0.05, 0) is 12.1 Å². The summed E-state index contributed by atoms with van der Waals surface area (Å²) in [5.74, 6) is -0.471. The Labute approximate surface area is 97.2 Å². The monoisotopic (exact) mass is 236 g/mol. The van der Waals surface area contributed by atoms with E-state index in [1.807, 2.05) is 24.3 Å². The normalized spacial score (nSPS) is 10.3. The molecule has 82 valence electrons. The molecular formula is C12H9ClO3. The van der Waals surface area contributed by atoms with Gasteiger partial charge < -0.3 is 9.84 Å². The van der Waals surface area contributed by atoms with Crippen molar-refractivity contribution in [1.29, 1.82) is 0 Å². The smallest absolute Gasteiger partial charge is 0.341 e. The molecule has 2 rings (SSSR count). The number of benzene rings is 2. The number of carboxylic acids is 1. The summed E-state index contributed by atoms with van der Waals surface area (Å²) in [4.78, 5) is 10.4. The fourth-order valence-corrected chi connectivity index (χ4v) is 1.73. The Hall–Kier alpha value is -1.74. The Morgan fingerprint density at radius 3 is 2.56 bits per heavy atom. The average molecular weight is 237 g/mol. The number of rotatable bonds is 3. The minimum absolute atomic E-state index is 0.356. The van der Waals surface area contributed by atoms with E-state index in [4.69, 9.17) is 21.4 Å². The maximum Gasteiger partial charge on any atom is 0.341 e. The Morgan fingerprint density at radius 1 is 1.19 bits per heavy atom. The molecule has 0 radical (unpaired) electrons. The maximum atomic E-state index is 10.4. The van der Waals surface area contributed by atoms with E-state index in [2.05, 4.69) is 0 Å². The SMILES string of the molecule is O=C(O)COc1ccc(Cl)c2ccccc12. The van der Waals surface area contributed by atoms with Gasteiger partial charge in [-0.3, -0.25) is 0 Å². The minimum atomic E-state index is -1.00. The quantitative estimate of drug-likeness (QED) is 0.891. The van der Waals surface area contributed by atoms with Gasteiger partial charge in [-0.1, -0.05) is 35.9 Å². The molecule has 0 heterocycles. The molecule has 0 aliphatic carbocycles. The molecular weight excluding hydrogens is 228 g/mol. The van der Waals surface area contributed by atoms with Crippen LogP contribution in [0.4, 0.5) is 0 Å². The highest BCUT2D eigenvalue weighted by molar-refractivity contribution is 6.35. The Morgan fingerprint density at radius 2 is 1.88 bits per heavy atom. The van der Waals surface area contributed by atoms with Crippen molar-refractivity contribution >= 4 is 28.3 Å². The van der Waals surface area contributed by atoms with E-state index in [0.717, 1.165) is 10.8 Å². The fraction of sp³-hybridized carbons (Fsp3) is 0.0833. The van der Waals surface area contributed by atoms with Crippen molar-refractivity contribution < 1.29 is 14.6 Å². The van der Waals surface area contributed by atoms with Gasteiger partial charge in [-0.25, -0.2) is 4.79 Å². The van der Waals surface area contributed by atoms with Crippen LogP contribution < -0.4 is 4.74 Å². The van der Waals surface area contributed by atoms with Crippen LogP contribution in [0.25, 0.3) is 10.8 Å². The van der Waals surface area contributed by atoms with Gasteiger partial charge >= 0.3 is 5.97 Å². The highest BCUT2D eigenvalue weighted by atomic mass is 35.5. The Kier molecular flexibility index (Phi) is 2.97. The van der Waals surface area contributed by atoms with E-state index in [0.29, 0.717) is 10.8 Å². The van der Waals surface area contributed by atoms with Crippen LogP contribution in [0, 0.1) is 0 Å². The lowest BCUT2D eigenvalue weighted by Gasteiger charge is -2.08. The first-order valence-corrected chi connectivity index (χ1v) is 5.08. The second-order valence-corrected chi connectivity index (χ2v) is 3.68. The molecule has 2 aromatic carbocycles. The van der Waals surface area contributed by atoms with Gasteiger partial charge in [-0.2, -0.15) is 0 Å². The van der Waals surface area contributed by atoms with Crippen molar-refractivity contribution in [2.45, 2.75) is 0 Å². The molecule has 0 aromatic heterocycles. The van der Waals surface area contributed by atoms with Crippen molar-refractivity contribution in [3.63, 3.8) is 0 Å². The molecule has 4 heteroatoms. The number of halogens is 1. The molecule has 16 heavy (non-hydrogen) atoms. The third kappa shape index (κ3) is 2.09. The van der Waals surface area contributed by atoms with Crippen molar-refractivity contribution in [3.8, 4) is 5.75 Å². The van der Waals surface area contributed by atoms with E-state index in [-0.39, 0.29) is 6.61 Å². The van der Waals surface area contributed by atoms with Gasteiger partial charge in [0.15, 0.2) is 6.61 Å². The molecule has 0 spiro atoms. The van der Waals surface area contributed by atoms with Crippen LogP contribution in [0.1, 0.15) is 0 Å². The van der Waals surface area contributed by atoms with E-state index in [9.17, 15) is 4.79 Å². The van der Waals surface area contributed by atoms with Crippen molar-refractivity contribution in [2.75, 3.05) is 6.61 Å². The number of carbonyl (C=O) groups is 1.